The van der Waals surface area contributed by atoms with Crippen molar-refractivity contribution in [3.8, 4) is 0 Å². The van der Waals surface area contributed by atoms with Gasteiger partial charge in [0, 0.05) is 37.9 Å². The molecular weight excluding hydrogens is 258 g/mol. The van der Waals surface area contributed by atoms with Crippen LogP contribution in [0.25, 0.3) is 0 Å². The molecule has 0 aliphatic carbocycles. The van der Waals surface area contributed by atoms with E-state index in [1.54, 1.807) is 24.0 Å². The molecule has 1 aromatic rings. The van der Waals surface area contributed by atoms with Gasteiger partial charge in [-0.2, -0.15) is 0 Å². The molecule has 4 nitrogen and oxygen atoms in total. The zero-order chi connectivity index (χ0) is 11.3. The maximum Gasteiger partial charge on any atom is 0.293 e. The summed E-state index contributed by atoms with van der Waals surface area (Å²) in [5, 5.41) is 0.941. The van der Waals surface area contributed by atoms with Crippen LogP contribution in [0, 0.1) is 0 Å². The van der Waals surface area contributed by atoms with Crippen LogP contribution in [0.4, 0.5) is 5.82 Å². The molecule has 1 aromatic heterocycles. The zero-order valence-corrected chi connectivity index (χ0v) is 10.7. The van der Waals surface area contributed by atoms with Gasteiger partial charge >= 0.3 is 0 Å². The predicted molar refractivity (Wildman–Crippen MR) is 65.8 cm³/mol. The predicted octanol–water partition coefficient (Wildman–Crippen LogP) is 1.39. The summed E-state index contributed by atoms with van der Waals surface area (Å²) in [6.07, 6.45) is 4.34. The topological polar surface area (TPSA) is 38.1 Å². The first-order valence-corrected chi connectivity index (χ1v) is 6.15. The molecule has 0 spiro atoms. The Morgan fingerprint density at radius 3 is 2.93 bits per heavy atom. The fourth-order valence-corrected chi connectivity index (χ4v) is 1.62. The largest absolute Gasteiger partial charge is 0.352 e. The lowest BCUT2D eigenvalue weighted by atomic mass is 10.4. The number of halogens is 1. The van der Waals surface area contributed by atoms with Crippen molar-refractivity contribution in [3.05, 3.63) is 22.7 Å². The molecule has 5 heteroatoms. The van der Waals surface area contributed by atoms with Crippen LogP contribution in [-0.4, -0.2) is 28.0 Å². The average Bonchev–Trinajstić information content (AvgIpc) is 2.25. The van der Waals surface area contributed by atoms with Gasteiger partial charge in [-0.05, 0) is 13.3 Å². The highest BCUT2D eigenvalue weighted by molar-refractivity contribution is 9.09. The molecule has 0 aliphatic rings. The Labute approximate surface area is 98.1 Å². The Morgan fingerprint density at radius 2 is 2.33 bits per heavy atom. The smallest absolute Gasteiger partial charge is 0.293 e. The van der Waals surface area contributed by atoms with Crippen molar-refractivity contribution in [2.45, 2.75) is 13.3 Å². The van der Waals surface area contributed by atoms with Crippen molar-refractivity contribution in [2.75, 3.05) is 23.3 Å². The first-order valence-electron chi connectivity index (χ1n) is 5.03. The van der Waals surface area contributed by atoms with Gasteiger partial charge in [0.1, 0.15) is 0 Å². The SMILES string of the molecule is CCN(CCCBr)c1nccn(C)c1=O. The third-order valence-corrected chi connectivity index (χ3v) is 2.80. The number of alkyl halides is 1. The van der Waals surface area contributed by atoms with Crippen molar-refractivity contribution < 1.29 is 0 Å². The van der Waals surface area contributed by atoms with Crippen LogP contribution in [0.15, 0.2) is 17.2 Å². The summed E-state index contributed by atoms with van der Waals surface area (Å²) in [5.74, 6) is 0.545. The molecule has 0 fully saturated rings. The van der Waals surface area contributed by atoms with E-state index in [0.717, 1.165) is 24.8 Å². The van der Waals surface area contributed by atoms with Gasteiger partial charge < -0.3 is 9.47 Å². The van der Waals surface area contributed by atoms with E-state index in [0.29, 0.717) is 5.82 Å². The minimum Gasteiger partial charge on any atom is -0.352 e. The summed E-state index contributed by atoms with van der Waals surface area (Å²) < 4.78 is 1.55. The van der Waals surface area contributed by atoms with Gasteiger partial charge in [0.15, 0.2) is 5.82 Å². The Bertz CT molecular complexity index is 364. The maximum absolute atomic E-state index is 11.8. The Kier molecular flexibility index (Phi) is 4.81. The van der Waals surface area contributed by atoms with Crippen LogP contribution in [0.5, 0.6) is 0 Å². The van der Waals surface area contributed by atoms with Crippen molar-refractivity contribution in [3.63, 3.8) is 0 Å². The van der Waals surface area contributed by atoms with E-state index in [1.807, 2.05) is 11.8 Å². The van der Waals surface area contributed by atoms with Gasteiger partial charge in [-0.15, -0.1) is 0 Å². The van der Waals surface area contributed by atoms with Gasteiger partial charge in [0.2, 0.25) is 0 Å². The van der Waals surface area contributed by atoms with E-state index in [2.05, 4.69) is 20.9 Å². The third-order valence-electron chi connectivity index (χ3n) is 2.24. The number of aryl methyl sites for hydroxylation is 1. The van der Waals surface area contributed by atoms with Crippen molar-refractivity contribution in [1.29, 1.82) is 0 Å². The van der Waals surface area contributed by atoms with E-state index in [9.17, 15) is 4.79 Å². The van der Waals surface area contributed by atoms with Crippen molar-refractivity contribution in [1.82, 2.24) is 9.55 Å². The van der Waals surface area contributed by atoms with Crippen LogP contribution in [0.3, 0.4) is 0 Å². The summed E-state index contributed by atoms with van der Waals surface area (Å²) in [7, 11) is 1.74. The fourth-order valence-electron chi connectivity index (χ4n) is 1.37. The highest BCUT2D eigenvalue weighted by Crippen LogP contribution is 2.04. The number of anilines is 1. The molecule has 1 heterocycles. The highest BCUT2D eigenvalue weighted by atomic mass is 79.9. The van der Waals surface area contributed by atoms with Crippen LogP contribution in [-0.2, 0) is 7.05 Å². The molecule has 0 radical (unpaired) electrons. The molecule has 0 aliphatic heterocycles. The van der Waals surface area contributed by atoms with Gasteiger partial charge in [-0.1, -0.05) is 15.9 Å². The Morgan fingerprint density at radius 1 is 1.60 bits per heavy atom. The molecule has 1 rings (SSSR count). The molecule has 84 valence electrons. The highest BCUT2D eigenvalue weighted by Gasteiger charge is 2.09. The lowest BCUT2D eigenvalue weighted by Gasteiger charge is -2.20. The minimum atomic E-state index is -0.0334. The van der Waals surface area contributed by atoms with Gasteiger partial charge in [-0.3, -0.25) is 4.79 Å². The fraction of sp³-hybridized carbons (Fsp3) is 0.600. The summed E-state index contributed by atoms with van der Waals surface area (Å²) >= 11 is 3.38. The summed E-state index contributed by atoms with van der Waals surface area (Å²) in [6.45, 7) is 3.69. The zero-order valence-electron chi connectivity index (χ0n) is 9.11. The quantitative estimate of drug-likeness (QED) is 0.762. The molecule has 0 saturated carbocycles. The number of nitrogens with zero attached hydrogens (tertiary/aromatic N) is 3. The van der Waals surface area contributed by atoms with Gasteiger partial charge in [-0.25, -0.2) is 4.98 Å². The number of aromatic nitrogens is 2. The van der Waals surface area contributed by atoms with E-state index in [1.165, 1.54) is 0 Å². The van der Waals surface area contributed by atoms with Gasteiger partial charge in [0.25, 0.3) is 5.56 Å². The first kappa shape index (κ1) is 12.2. The summed E-state index contributed by atoms with van der Waals surface area (Å²) in [4.78, 5) is 17.9. The normalized spacial score (nSPS) is 10.3. The van der Waals surface area contributed by atoms with Crippen LogP contribution >= 0.6 is 15.9 Å². The molecule has 15 heavy (non-hydrogen) atoms. The monoisotopic (exact) mass is 273 g/mol. The molecule has 0 unspecified atom stereocenters. The maximum atomic E-state index is 11.8. The molecule has 0 atom stereocenters. The standard InChI is InChI=1S/C10H16BrN3O/c1-3-14(7-4-5-11)9-10(15)13(2)8-6-12-9/h6,8H,3-5,7H2,1-2H3. The third kappa shape index (κ3) is 3.06. The second kappa shape index (κ2) is 5.90. The molecule has 0 bridgehead atoms. The Balaban J connectivity index is 2.91. The van der Waals surface area contributed by atoms with Crippen molar-refractivity contribution >= 4 is 21.7 Å². The molecule has 0 N–H and O–H groups in total. The molecule has 0 saturated heterocycles. The van der Waals surface area contributed by atoms with Crippen molar-refractivity contribution in [2.24, 2.45) is 7.05 Å². The number of hydrogen-bond donors (Lipinski definition) is 0. The number of hydrogen-bond acceptors (Lipinski definition) is 3. The first-order chi connectivity index (χ1) is 7.20. The van der Waals surface area contributed by atoms with E-state index < -0.39 is 0 Å². The minimum absolute atomic E-state index is 0.0334. The van der Waals surface area contributed by atoms with Crippen LogP contribution < -0.4 is 10.5 Å². The number of rotatable bonds is 5. The second-order valence-electron chi connectivity index (χ2n) is 3.29. The van der Waals surface area contributed by atoms with Gasteiger partial charge in [0.05, 0.1) is 0 Å². The second-order valence-corrected chi connectivity index (χ2v) is 4.08. The van der Waals surface area contributed by atoms with Crippen LogP contribution in [0.1, 0.15) is 13.3 Å². The van der Waals surface area contributed by atoms with E-state index >= 15 is 0 Å². The molecule has 0 amide bonds. The Hall–Kier alpha value is -0.840. The summed E-state index contributed by atoms with van der Waals surface area (Å²) in [6, 6.07) is 0. The van der Waals surface area contributed by atoms with Crippen LogP contribution in [0.2, 0.25) is 0 Å². The van der Waals surface area contributed by atoms with E-state index in [-0.39, 0.29) is 5.56 Å². The summed E-state index contributed by atoms with van der Waals surface area (Å²) in [5.41, 5.74) is -0.0334. The molecular formula is C10H16BrN3O. The van der Waals surface area contributed by atoms with E-state index in [4.69, 9.17) is 0 Å². The lowest BCUT2D eigenvalue weighted by molar-refractivity contribution is 0.751. The molecule has 0 aromatic carbocycles. The average molecular weight is 274 g/mol. The lowest BCUT2D eigenvalue weighted by Crippen LogP contribution is -2.33.